The Morgan fingerprint density at radius 1 is 1.27 bits per heavy atom. The Kier molecular flexibility index (Phi) is 2.69. The number of nitrogens with zero attached hydrogens (tertiary/aromatic N) is 1. The van der Waals surface area contributed by atoms with E-state index in [1.54, 1.807) is 0 Å². The molecule has 2 heteroatoms. The van der Waals surface area contributed by atoms with Gasteiger partial charge in [-0.25, -0.2) is 0 Å². The van der Waals surface area contributed by atoms with E-state index in [1.165, 1.54) is 10.9 Å². The standard InChI is InChI=1S/C13H16N2/c1-9-8-13(10(2)14-3)15-12-7-5-4-6-11(9)12/h4-8,10,14H,1-3H3. The van der Waals surface area contributed by atoms with Crippen LogP contribution in [-0.2, 0) is 0 Å². The monoisotopic (exact) mass is 200 g/mol. The van der Waals surface area contributed by atoms with Crippen LogP contribution in [0.3, 0.4) is 0 Å². The van der Waals surface area contributed by atoms with Gasteiger partial charge < -0.3 is 5.32 Å². The van der Waals surface area contributed by atoms with Gasteiger partial charge in [0, 0.05) is 11.4 Å². The summed E-state index contributed by atoms with van der Waals surface area (Å²) in [6.07, 6.45) is 0. The predicted molar refractivity (Wildman–Crippen MR) is 64.0 cm³/mol. The molecular weight excluding hydrogens is 184 g/mol. The van der Waals surface area contributed by atoms with Gasteiger partial charge >= 0.3 is 0 Å². The smallest absolute Gasteiger partial charge is 0.0708 e. The number of pyridine rings is 1. The first-order valence-electron chi connectivity index (χ1n) is 5.26. The molecule has 1 N–H and O–H groups in total. The van der Waals surface area contributed by atoms with Crippen molar-refractivity contribution in [1.82, 2.24) is 10.3 Å². The number of rotatable bonds is 2. The molecule has 0 bridgehead atoms. The molecule has 0 spiro atoms. The minimum Gasteiger partial charge on any atom is -0.312 e. The van der Waals surface area contributed by atoms with Gasteiger partial charge in [-0.15, -0.1) is 0 Å². The molecular formula is C13H16N2. The number of aryl methyl sites for hydroxylation is 1. The van der Waals surface area contributed by atoms with Crippen molar-refractivity contribution >= 4 is 10.9 Å². The second-order valence-corrected chi connectivity index (χ2v) is 3.89. The number of fused-ring (bicyclic) bond motifs is 1. The molecule has 78 valence electrons. The Hall–Kier alpha value is -1.41. The summed E-state index contributed by atoms with van der Waals surface area (Å²) in [7, 11) is 1.96. The van der Waals surface area contributed by atoms with Crippen LogP contribution >= 0.6 is 0 Å². The molecule has 0 aliphatic heterocycles. The van der Waals surface area contributed by atoms with Crippen LogP contribution in [0.25, 0.3) is 10.9 Å². The zero-order chi connectivity index (χ0) is 10.8. The molecule has 0 aliphatic rings. The molecule has 0 amide bonds. The van der Waals surface area contributed by atoms with Crippen LogP contribution in [0.5, 0.6) is 0 Å². The number of nitrogens with one attached hydrogen (secondary N) is 1. The van der Waals surface area contributed by atoms with Crippen LogP contribution in [0, 0.1) is 6.92 Å². The van der Waals surface area contributed by atoms with Gasteiger partial charge in [0.1, 0.15) is 0 Å². The first-order chi connectivity index (χ1) is 7.22. The fourth-order valence-corrected chi connectivity index (χ4v) is 1.75. The first kappa shape index (κ1) is 10.1. The van der Waals surface area contributed by atoms with Crippen LogP contribution < -0.4 is 5.32 Å². The number of para-hydroxylation sites is 1. The van der Waals surface area contributed by atoms with Crippen LogP contribution in [-0.4, -0.2) is 12.0 Å². The summed E-state index contributed by atoms with van der Waals surface area (Å²) in [6.45, 7) is 4.26. The largest absolute Gasteiger partial charge is 0.312 e. The quantitative estimate of drug-likeness (QED) is 0.806. The summed E-state index contributed by atoms with van der Waals surface area (Å²) in [5.41, 5.74) is 3.47. The SMILES string of the molecule is CNC(C)c1cc(C)c2ccccc2n1. The zero-order valence-electron chi connectivity index (χ0n) is 9.41. The lowest BCUT2D eigenvalue weighted by atomic mass is 10.1. The molecule has 0 radical (unpaired) electrons. The van der Waals surface area contributed by atoms with Crippen LogP contribution in [0.15, 0.2) is 30.3 Å². The van der Waals surface area contributed by atoms with Gasteiger partial charge in [0.25, 0.3) is 0 Å². The Morgan fingerprint density at radius 3 is 2.73 bits per heavy atom. The normalized spacial score (nSPS) is 13.0. The molecule has 15 heavy (non-hydrogen) atoms. The van der Waals surface area contributed by atoms with Crippen LogP contribution in [0.4, 0.5) is 0 Å². The van der Waals surface area contributed by atoms with Crippen molar-refractivity contribution in [2.75, 3.05) is 7.05 Å². The lowest BCUT2D eigenvalue weighted by Gasteiger charge is -2.12. The number of hydrogen-bond donors (Lipinski definition) is 1. The van der Waals surface area contributed by atoms with Crippen molar-refractivity contribution in [2.24, 2.45) is 0 Å². The summed E-state index contributed by atoms with van der Waals surface area (Å²) < 4.78 is 0. The average Bonchev–Trinajstić information content (AvgIpc) is 2.28. The fraction of sp³-hybridized carbons (Fsp3) is 0.308. The van der Waals surface area contributed by atoms with Crippen molar-refractivity contribution in [3.05, 3.63) is 41.6 Å². The van der Waals surface area contributed by atoms with E-state index < -0.39 is 0 Å². The van der Waals surface area contributed by atoms with Gasteiger partial charge in [0.15, 0.2) is 0 Å². The van der Waals surface area contributed by atoms with E-state index in [2.05, 4.69) is 48.4 Å². The second-order valence-electron chi connectivity index (χ2n) is 3.89. The predicted octanol–water partition coefficient (Wildman–Crippen LogP) is 2.82. The first-order valence-corrected chi connectivity index (χ1v) is 5.26. The third kappa shape index (κ3) is 1.85. The van der Waals surface area contributed by atoms with Gasteiger partial charge in [-0.3, -0.25) is 4.98 Å². The molecule has 1 aromatic heterocycles. The Labute approximate surface area is 90.3 Å². The molecule has 0 fully saturated rings. The molecule has 1 aromatic carbocycles. The fourth-order valence-electron chi connectivity index (χ4n) is 1.75. The number of aromatic nitrogens is 1. The molecule has 1 heterocycles. The maximum absolute atomic E-state index is 4.64. The van der Waals surface area contributed by atoms with E-state index in [-0.39, 0.29) is 0 Å². The summed E-state index contributed by atoms with van der Waals surface area (Å²) in [4.78, 5) is 4.64. The molecule has 2 aromatic rings. The van der Waals surface area contributed by atoms with Crippen molar-refractivity contribution in [1.29, 1.82) is 0 Å². The lowest BCUT2D eigenvalue weighted by Crippen LogP contribution is -2.14. The van der Waals surface area contributed by atoms with Gasteiger partial charge in [-0.2, -0.15) is 0 Å². The number of hydrogen-bond acceptors (Lipinski definition) is 2. The van der Waals surface area contributed by atoms with E-state index in [0.29, 0.717) is 6.04 Å². The zero-order valence-corrected chi connectivity index (χ0v) is 9.41. The highest BCUT2D eigenvalue weighted by Gasteiger charge is 2.06. The molecule has 1 unspecified atom stereocenters. The second kappa shape index (κ2) is 3.99. The minimum atomic E-state index is 0.299. The summed E-state index contributed by atoms with van der Waals surface area (Å²) >= 11 is 0. The summed E-state index contributed by atoms with van der Waals surface area (Å²) in [5, 5.41) is 4.45. The van der Waals surface area contributed by atoms with Gasteiger partial charge in [0.2, 0.25) is 0 Å². The molecule has 2 nitrogen and oxygen atoms in total. The maximum atomic E-state index is 4.64. The maximum Gasteiger partial charge on any atom is 0.0708 e. The van der Waals surface area contributed by atoms with Crippen molar-refractivity contribution in [2.45, 2.75) is 19.9 Å². The Morgan fingerprint density at radius 2 is 2.00 bits per heavy atom. The van der Waals surface area contributed by atoms with Crippen molar-refractivity contribution in [3.8, 4) is 0 Å². The van der Waals surface area contributed by atoms with Crippen LogP contribution in [0.2, 0.25) is 0 Å². The molecule has 1 atom stereocenters. The highest BCUT2D eigenvalue weighted by atomic mass is 14.9. The van der Waals surface area contributed by atoms with E-state index in [0.717, 1.165) is 11.2 Å². The third-order valence-corrected chi connectivity index (χ3v) is 2.82. The van der Waals surface area contributed by atoms with Gasteiger partial charge in [-0.1, -0.05) is 18.2 Å². The molecule has 0 saturated carbocycles. The van der Waals surface area contributed by atoms with E-state index >= 15 is 0 Å². The van der Waals surface area contributed by atoms with E-state index in [9.17, 15) is 0 Å². The van der Waals surface area contributed by atoms with Crippen molar-refractivity contribution < 1.29 is 0 Å². The average molecular weight is 200 g/mol. The van der Waals surface area contributed by atoms with Gasteiger partial charge in [0.05, 0.1) is 11.2 Å². The van der Waals surface area contributed by atoms with Gasteiger partial charge in [-0.05, 0) is 38.6 Å². The number of benzene rings is 1. The summed E-state index contributed by atoms with van der Waals surface area (Å²) in [5.74, 6) is 0. The molecule has 2 rings (SSSR count). The third-order valence-electron chi connectivity index (χ3n) is 2.82. The van der Waals surface area contributed by atoms with E-state index in [1.807, 2.05) is 13.1 Å². The highest BCUT2D eigenvalue weighted by Crippen LogP contribution is 2.20. The summed E-state index contributed by atoms with van der Waals surface area (Å²) in [6, 6.07) is 10.7. The van der Waals surface area contributed by atoms with Crippen LogP contribution in [0.1, 0.15) is 24.2 Å². The minimum absolute atomic E-state index is 0.299. The lowest BCUT2D eigenvalue weighted by molar-refractivity contribution is 0.635. The Balaban J connectivity index is 2.62. The molecule has 0 aliphatic carbocycles. The molecule has 0 saturated heterocycles. The Bertz CT molecular complexity index is 477. The highest BCUT2D eigenvalue weighted by molar-refractivity contribution is 5.82. The van der Waals surface area contributed by atoms with E-state index in [4.69, 9.17) is 0 Å². The van der Waals surface area contributed by atoms with Crippen molar-refractivity contribution in [3.63, 3.8) is 0 Å². The topological polar surface area (TPSA) is 24.9 Å².